The van der Waals surface area contributed by atoms with Crippen LogP contribution in [0.2, 0.25) is 0 Å². The van der Waals surface area contributed by atoms with Gasteiger partial charge in [-0.05, 0) is 35.6 Å². The minimum Gasteiger partial charge on any atom is -0.507 e. The molecule has 31 heavy (non-hydrogen) atoms. The van der Waals surface area contributed by atoms with Crippen molar-refractivity contribution in [2.24, 2.45) is 0 Å². The van der Waals surface area contributed by atoms with E-state index in [1.54, 1.807) is 30.5 Å². The van der Waals surface area contributed by atoms with Gasteiger partial charge in [0.15, 0.2) is 0 Å². The molecule has 1 aromatic heterocycles. The Labute approximate surface area is 185 Å². The summed E-state index contributed by atoms with van der Waals surface area (Å²) < 4.78 is 43.4. The molecule has 0 aliphatic carbocycles. The Balaban J connectivity index is 2.23. The van der Waals surface area contributed by atoms with Crippen LogP contribution in [0.3, 0.4) is 0 Å². The van der Waals surface area contributed by atoms with Crippen LogP contribution >= 0.6 is 11.8 Å². The molecular weight excluding hydrogens is 439 g/mol. The lowest BCUT2D eigenvalue weighted by Crippen LogP contribution is -2.42. The number of phenolic OH excluding ortho intramolecular Hbond substituents is 1. The zero-order chi connectivity index (χ0) is 22.6. The Bertz CT molecular complexity index is 1140. The van der Waals surface area contributed by atoms with E-state index in [1.807, 2.05) is 0 Å². The van der Waals surface area contributed by atoms with Crippen LogP contribution in [-0.4, -0.2) is 52.5 Å². The van der Waals surface area contributed by atoms with Gasteiger partial charge >= 0.3 is 0 Å². The lowest BCUT2D eigenvalue weighted by molar-refractivity contribution is 0.322. The number of rotatable bonds is 8. The molecule has 1 heterocycles. The zero-order valence-corrected chi connectivity index (χ0v) is 18.9. The zero-order valence-electron chi connectivity index (χ0n) is 17.3. The van der Waals surface area contributed by atoms with Crippen molar-refractivity contribution >= 4 is 22.0 Å². The molecule has 0 amide bonds. The molecule has 7 nitrogen and oxygen atoms in total. The molecule has 0 bridgehead atoms. The first-order valence-corrected chi connectivity index (χ1v) is 11.9. The van der Waals surface area contributed by atoms with Crippen molar-refractivity contribution in [3.05, 3.63) is 83.7 Å². The van der Waals surface area contributed by atoms with Crippen LogP contribution in [0.5, 0.6) is 5.75 Å². The maximum Gasteiger partial charge on any atom is 0.282 e. The number of aromatic nitrogens is 2. The van der Waals surface area contributed by atoms with Crippen molar-refractivity contribution in [2.75, 3.05) is 20.4 Å². The largest absolute Gasteiger partial charge is 0.507 e. The van der Waals surface area contributed by atoms with Gasteiger partial charge in [0.05, 0.1) is 10.9 Å². The number of hydrogen-bond donors (Lipinski definition) is 1. The van der Waals surface area contributed by atoms with Crippen LogP contribution in [0, 0.1) is 5.82 Å². The monoisotopic (exact) mass is 462 g/mol. The molecule has 1 atom stereocenters. The summed E-state index contributed by atoms with van der Waals surface area (Å²) in [5.41, 5.74) is 1.55. The maximum absolute atomic E-state index is 14.1. The highest BCUT2D eigenvalue weighted by atomic mass is 32.2. The molecular formula is C21H23FN4O3S2. The average molecular weight is 463 g/mol. The Morgan fingerprint density at radius 3 is 2.39 bits per heavy atom. The molecule has 3 rings (SSSR count). The lowest BCUT2D eigenvalue weighted by atomic mass is 10.0. The summed E-state index contributed by atoms with van der Waals surface area (Å²) in [4.78, 5) is 8.64. The summed E-state index contributed by atoms with van der Waals surface area (Å²) >= 11 is 1.32. The third kappa shape index (κ3) is 5.04. The third-order valence-electron chi connectivity index (χ3n) is 4.71. The minimum absolute atomic E-state index is 0.0544. The van der Waals surface area contributed by atoms with Crippen LogP contribution in [0.4, 0.5) is 4.39 Å². The van der Waals surface area contributed by atoms with E-state index in [-0.39, 0.29) is 12.3 Å². The fourth-order valence-electron chi connectivity index (χ4n) is 3.27. The first-order chi connectivity index (χ1) is 14.8. The smallest absolute Gasteiger partial charge is 0.282 e. The fourth-order valence-corrected chi connectivity index (χ4v) is 5.17. The van der Waals surface area contributed by atoms with E-state index >= 15 is 0 Å². The summed E-state index contributed by atoms with van der Waals surface area (Å²) in [5.74, 6) is -0.416. The van der Waals surface area contributed by atoms with E-state index in [0.717, 1.165) is 4.31 Å². The standard InChI is InChI=1S/C21H23FN4O3S2/c1-25(2)31(28,29)26(13-16-7-5-9-19(27)21(16)30-3)20(17-11-23-14-24-12-17)15-6-4-8-18(22)10-15/h4-12,14,20,27H,13H2,1-3H3. The second-order valence-corrected chi connectivity index (χ2v) is 9.85. The Morgan fingerprint density at radius 2 is 1.77 bits per heavy atom. The van der Waals surface area contributed by atoms with Crippen LogP contribution in [0.1, 0.15) is 22.7 Å². The molecule has 10 heteroatoms. The van der Waals surface area contributed by atoms with Crippen molar-refractivity contribution in [1.29, 1.82) is 0 Å². The van der Waals surface area contributed by atoms with Gasteiger partial charge in [-0.1, -0.05) is 24.3 Å². The van der Waals surface area contributed by atoms with E-state index in [1.165, 1.54) is 67.1 Å². The van der Waals surface area contributed by atoms with Gasteiger partial charge in [0.1, 0.15) is 17.9 Å². The number of nitrogens with zero attached hydrogens (tertiary/aromatic N) is 4. The van der Waals surface area contributed by atoms with Crippen LogP contribution in [0.25, 0.3) is 0 Å². The lowest BCUT2D eigenvalue weighted by Gasteiger charge is -2.33. The van der Waals surface area contributed by atoms with Gasteiger partial charge < -0.3 is 5.11 Å². The normalized spacial score (nSPS) is 13.0. The van der Waals surface area contributed by atoms with Gasteiger partial charge in [0.2, 0.25) is 0 Å². The Morgan fingerprint density at radius 1 is 1.10 bits per heavy atom. The molecule has 0 fully saturated rings. The summed E-state index contributed by atoms with van der Waals surface area (Å²) in [6, 6.07) is 9.88. The van der Waals surface area contributed by atoms with Crippen molar-refractivity contribution in [3.63, 3.8) is 0 Å². The molecule has 0 spiro atoms. The third-order valence-corrected chi connectivity index (χ3v) is 7.45. The van der Waals surface area contributed by atoms with Gasteiger partial charge in [-0.2, -0.15) is 17.0 Å². The molecule has 2 aromatic carbocycles. The van der Waals surface area contributed by atoms with Crippen molar-refractivity contribution < 1.29 is 17.9 Å². The van der Waals surface area contributed by atoms with Crippen molar-refractivity contribution in [2.45, 2.75) is 17.5 Å². The molecule has 0 radical (unpaired) electrons. The van der Waals surface area contributed by atoms with Gasteiger partial charge in [0, 0.05) is 38.6 Å². The van der Waals surface area contributed by atoms with E-state index in [4.69, 9.17) is 0 Å². The number of phenols is 1. The molecule has 0 saturated carbocycles. The average Bonchev–Trinajstić information content (AvgIpc) is 2.74. The highest BCUT2D eigenvalue weighted by molar-refractivity contribution is 7.98. The second kappa shape index (κ2) is 9.73. The Hall–Kier alpha value is -2.53. The van der Waals surface area contributed by atoms with Crippen molar-refractivity contribution in [3.8, 4) is 5.75 Å². The quantitative estimate of drug-likeness (QED) is 0.516. The first kappa shape index (κ1) is 23.1. The predicted molar refractivity (Wildman–Crippen MR) is 118 cm³/mol. The first-order valence-electron chi connectivity index (χ1n) is 9.30. The van der Waals surface area contributed by atoms with E-state index in [0.29, 0.717) is 21.6 Å². The molecule has 1 N–H and O–H groups in total. The molecule has 0 saturated heterocycles. The predicted octanol–water partition coefficient (Wildman–Crippen LogP) is 3.44. The van der Waals surface area contributed by atoms with Crippen molar-refractivity contribution in [1.82, 2.24) is 18.6 Å². The van der Waals surface area contributed by atoms with Gasteiger partial charge in [-0.3, -0.25) is 0 Å². The van der Waals surface area contributed by atoms with Gasteiger partial charge in [-0.25, -0.2) is 14.4 Å². The van der Waals surface area contributed by atoms with Gasteiger partial charge in [-0.15, -0.1) is 11.8 Å². The summed E-state index contributed by atoms with van der Waals surface area (Å²) in [6.07, 6.45) is 6.17. The summed E-state index contributed by atoms with van der Waals surface area (Å²) in [6.45, 7) is -0.0544. The highest BCUT2D eigenvalue weighted by Crippen LogP contribution is 2.36. The summed E-state index contributed by atoms with van der Waals surface area (Å²) in [5, 5.41) is 10.3. The molecule has 0 aliphatic heterocycles. The maximum atomic E-state index is 14.1. The van der Waals surface area contributed by atoms with Crippen LogP contribution in [-0.2, 0) is 16.8 Å². The molecule has 0 aliphatic rings. The molecule has 1 unspecified atom stereocenters. The van der Waals surface area contributed by atoms with E-state index in [2.05, 4.69) is 9.97 Å². The number of halogens is 1. The highest BCUT2D eigenvalue weighted by Gasteiger charge is 2.35. The van der Waals surface area contributed by atoms with Gasteiger partial charge in [0.25, 0.3) is 10.2 Å². The topological polar surface area (TPSA) is 86.6 Å². The summed E-state index contributed by atoms with van der Waals surface area (Å²) in [7, 11) is -1.12. The fraction of sp³-hybridized carbons (Fsp3) is 0.238. The number of benzene rings is 2. The molecule has 164 valence electrons. The van der Waals surface area contributed by atoms with E-state index < -0.39 is 22.1 Å². The minimum atomic E-state index is -3.99. The van der Waals surface area contributed by atoms with Crippen LogP contribution < -0.4 is 0 Å². The second-order valence-electron chi connectivity index (χ2n) is 6.93. The SMILES string of the molecule is CSc1c(O)cccc1CN(C(c1cncnc1)c1cccc(F)c1)S(=O)(=O)N(C)C. The number of hydrogen-bond acceptors (Lipinski definition) is 6. The number of aromatic hydroxyl groups is 1. The Kier molecular flexibility index (Phi) is 7.26. The van der Waals surface area contributed by atoms with E-state index in [9.17, 15) is 17.9 Å². The van der Waals surface area contributed by atoms with Crippen LogP contribution in [0.15, 0.2) is 66.1 Å². The molecule has 3 aromatic rings. The number of thioether (sulfide) groups is 1.